The first kappa shape index (κ1) is 14.4. The second kappa shape index (κ2) is 5.56. The molecule has 0 unspecified atom stereocenters. The summed E-state index contributed by atoms with van der Waals surface area (Å²) >= 11 is 2.15. The van der Waals surface area contributed by atoms with Crippen LogP contribution in [0.15, 0.2) is 12.1 Å². The van der Waals surface area contributed by atoms with Crippen molar-refractivity contribution < 1.29 is 14.3 Å². The minimum atomic E-state index is 0.0349. The Morgan fingerprint density at radius 3 is 2.42 bits per heavy atom. The Kier molecular flexibility index (Phi) is 4.23. The maximum Gasteiger partial charge on any atom is 0.255 e. The molecule has 0 N–H and O–H groups in total. The van der Waals surface area contributed by atoms with E-state index in [1.165, 1.54) is 0 Å². The van der Waals surface area contributed by atoms with E-state index in [0.717, 1.165) is 3.57 Å². The molecule has 1 aliphatic heterocycles. The summed E-state index contributed by atoms with van der Waals surface area (Å²) in [5.74, 6) is 1.42. The molecule has 1 heterocycles. The van der Waals surface area contributed by atoms with E-state index in [2.05, 4.69) is 22.6 Å². The number of hydrogen-bond acceptors (Lipinski definition) is 3. The van der Waals surface area contributed by atoms with Gasteiger partial charge in [0.1, 0.15) is 0 Å². The van der Waals surface area contributed by atoms with Crippen LogP contribution in [0.1, 0.15) is 38.1 Å². The molecule has 104 valence electrons. The fourth-order valence-corrected chi connectivity index (χ4v) is 3.14. The average molecular weight is 375 g/mol. The van der Waals surface area contributed by atoms with Crippen LogP contribution in [-0.4, -0.2) is 29.7 Å². The van der Waals surface area contributed by atoms with Crippen molar-refractivity contribution in [3.8, 4) is 11.5 Å². The van der Waals surface area contributed by atoms with Crippen molar-refractivity contribution in [3.63, 3.8) is 0 Å². The Balaban J connectivity index is 2.39. The summed E-state index contributed by atoms with van der Waals surface area (Å²) in [5, 5.41) is 0. The van der Waals surface area contributed by atoms with Crippen molar-refractivity contribution in [1.82, 2.24) is 4.90 Å². The molecule has 0 saturated carbocycles. The van der Waals surface area contributed by atoms with E-state index < -0.39 is 0 Å². The number of fused-ring (bicyclic) bond motifs is 1. The van der Waals surface area contributed by atoms with Gasteiger partial charge in [-0.05, 0) is 62.4 Å². The van der Waals surface area contributed by atoms with E-state index in [0.29, 0.717) is 17.1 Å². The fourth-order valence-electron chi connectivity index (χ4n) is 2.31. The highest BCUT2D eigenvalue weighted by Gasteiger charge is 2.27. The lowest BCUT2D eigenvalue weighted by Gasteiger charge is -2.31. The molecule has 1 aromatic carbocycles. The number of rotatable bonds is 3. The zero-order chi connectivity index (χ0) is 14.2. The van der Waals surface area contributed by atoms with Gasteiger partial charge in [0.15, 0.2) is 11.5 Å². The molecule has 1 aromatic rings. The SMILES string of the molecule is CC(C)N(C(=O)c1ccc2c(c1I)OCO2)C(C)C. The van der Waals surface area contributed by atoms with Gasteiger partial charge in [-0.2, -0.15) is 0 Å². The first-order valence-electron chi connectivity index (χ1n) is 6.34. The van der Waals surface area contributed by atoms with Gasteiger partial charge in [-0.15, -0.1) is 0 Å². The van der Waals surface area contributed by atoms with Crippen LogP contribution in [-0.2, 0) is 0 Å². The number of hydrogen-bond donors (Lipinski definition) is 0. The summed E-state index contributed by atoms with van der Waals surface area (Å²) in [5.41, 5.74) is 0.673. The van der Waals surface area contributed by atoms with Crippen molar-refractivity contribution in [2.75, 3.05) is 6.79 Å². The number of nitrogens with zero attached hydrogens (tertiary/aromatic N) is 1. The minimum Gasteiger partial charge on any atom is -0.454 e. The summed E-state index contributed by atoms with van der Waals surface area (Å²) in [6, 6.07) is 3.94. The third-order valence-corrected chi connectivity index (χ3v) is 4.13. The first-order chi connectivity index (χ1) is 8.93. The molecule has 0 saturated heterocycles. The van der Waals surface area contributed by atoms with Gasteiger partial charge in [-0.3, -0.25) is 4.79 Å². The Hall–Kier alpha value is -0.980. The number of amides is 1. The van der Waals surface area contributed by atoms with Crippen LogP contribution >= 0.6 is 22.6 Å². The third-order valence-electron chi connectivity index (χ3n) is 3.06. The smallest absolute Gasteiger partial charge is 0.255 e. The molecule has 0 atom stereocenters. The van der Waals surface area contributed by atoms with Crippen LogP contribution in [0.5, 0.6) is 11.5 Å². The van der Waals surface area contributed by atoms with E-state index in [9.17, 15) is 4.79 Å². The largest absolute Gasteiger partial charge is 0.454 e. The molecule has 0 radical (unpaired) electrons. The van der Waals surface area contributed by atoms with Crippen LogP contribution in [0.2, 0.25) is 0 Å². The van der Waals surface area contributed by atoms with E-state index in [1.54, 1.807) is 6.07 Å². The topological polar surface area (TPSA) is 38.8 Å². The number of carbonyl (C=O) groups is 1. The highest BCUT2D eigenvalue weighted by molar-refractivity contribution is 14.1. The second-order valence-electron chi connectivity index (χ2n) is 5.06. The highest BCUT2D eigenvalue weighted by Crippen LogP contribution is 2.38. The summed E-state index contributed by atoms with van der Waals surface area (Å²) in [4.78, 5) is 14.5. The number of ether oxygens (including phenoxy) is 2. The Labute approximate surface area is 127 Å². The van der Waals surface area contributed by atoms with Gasteiger partial charge >= 0.3 is 0 Å². The molecule has 19 heavy (non-hydrogen) atoms. The van der Waals surface area contributed by atoms with E-state index >= 15 is 0 Å². The molecule has 5 heteroatoms. The van der Waals surface area contributed by atoms with E-state index in [4.69, 9.17) is 9.47 Å². The molecule has 0 aromatic heterocycles. The van der Waals surface area contributed by atoms with E-state index in [-0.39, 0.29) is 24.8 Å². The normalized spacial score (nSPS) is 13.2. The molecule has 0 spiro atoms. The monoisotopic (exact) mass is 375 g/mol. The maximum absolute atomic E-state index is 12.7. The van der Waals surface area contributed by atoms with Crippen LogP contribution in [0.4, 0.5) is 0 Å². The van der Waals surface area contributed by atoms with Crippen molar-refractivity contribution >= 4 is 28.5 Å². The van der Waals surface area contributed by atoms with Gasteiger partial charge in [0, 0.05) is 12.1 Å². The lowest BCUT2D eigenvalue weighted by atomic mass is 10.1. The predicted molar refractivity (Wildman–Crippen MR) is 81.7 cm³/mol. The standard InChI is InChI=1S/C14H18INO3/c1-8(2)16(9(3)4)14(17)10-5-6-11-13(12(10)15)19-7-18-11/h5-6,8-9H,7H2,1-4H3. The molecule has 2 rings (SSSR count). The van der Waals surface area contributed by atoms with Crippen LogP contribution in [0, 0.1) is 3.57 Å². The Morgan fingerprint density at radius 2 is 1.84 bits per heavy atom. The van der Waals surface area contributed by atoms with Gasteiger partial charge in [0.2, 0.25) is 6.79 Å². The van der Waals surface area contributed by atoms with Crippen molar-refractivity contribution in [2.24, 2.45) is 0 Å². The van der Waals surface area contributed by atoms with Crippen molar-refractivity contribution in [1.29, 1.82) is 0 Å². The van der Waals surface area contributed by atoms with Crippen LogP contribution in [0.25, 0.3) is 0 Å². The fraction of sp³-hybridized carbons (Fsp3) is 0.500. The molecule has 1 aliphatic rings. The summed E-state index contributed by atoms with van der Waals surface area (Å²) in [6.07, 6.45) is 0. The number of halogens is 1. The van der Waals surface area contributed by atoms with Crippen LogP contribution in [0.3, 0.4) is 0 Å². The highest BCUT2D eigenvalue weighted by atomic mass is 127. The molecule has 4 nitrogen and oxygen atoms in total. The Bertz CT molecular complexity index is 492. The van der Waals surface area contributed by atoms with Gasteiger partial charge in [0.05, 0.1) is 9.13 Å². The lowest BCUT2D eigenvalue weighted by molar-refractivity contribution is 0.0642. The Morgan fingerprint density at radius 1 is 1.21 bits per heavy atom. The van der Waals surface area contributed by atoms with Gasteiger partial charge in [-0.1, -0.05) is 0 Å². The maximum atomic E-state index is 12.7. The lowest BCUT2D eigenvalue weighted by Crippen LogP contribution is -2.42. The molecular formula is C14H18INO3. The molecule has 1 amide bonds. The molecule has 0 fully saturated rings. The number of benzene rings is 1. The summed E-state index contributed by atoms with van der Waals surface area (Å²) in [7, 11) is 0. The predicted octanol–water partition coefficient (Wildman–Crippen LogP) is 3.28. The zero-order valence-electron chi connectivity index (χ0n) is 11.6. The minimum absolute atomic E-state index is 0.0349. The molecular weight excluding hydrogens is 357 g/mol. The average Bonchev–Trinajstić information content (AvgIpc) is 2.77. The first-order valence-corrected chi connectivity index (χ1v) is 7.42. The van der Waals surface area contributed by atoms with Gasteiger partial charge in [0.25, 0.3) is 5.91 Å². The van der Waals surface area contributed by atoms with Crippen molar-refractivity contribution in [2.45, 2.75) is 39.8 Å². The third kappa shape index (κ3) is 2.66. The molecule has 0 aliphatic carbocycles. The zero-order valence-corrected chi connectivity index (χ0v) is 13.7. The molecule has 0 bridgehead atoms. The van der Waals surface area contributed by atoms with E-state index in [1.807, 2.05) is 38.7 Å². The van der Waals surface area contributed by atoms with Crippen molar-refractivity contribution in [3.05, 3.63) is 21.3 Å². The second-order valence-corrected chi connectivity index (χ2v) is 6.14. The quantitative estimate of drug-likeness (QED) is 0.762. The van der Waals surface area contributed by atoms with Crippen LogP contribution < -0.4 is 9.47 Å². The van der Waals surface area contributed by atoms with Gasteiger partial charge < -0.3 is 14.4 Å². The summed E-state index contributed by atoms with van der Waals surface area (Å²) < 4.78 is 11.6. The van der Waals surface area contributed by atoms with Gasteiger partial charge in [-0.25, -0.2) is 0 Å². The summed E-state index contributed by atoms with van der Waals surface area (Å²) in [6.45, 7) is 8.33. The number of carbonyl (C=O) groups excluding carboxylic acids is 1.